The Morgan fingerprint density at radius 3 is 2.32 bits per heavy atom. The standard InChI is InChI=1S/C17H23NO/c19-14-6-3-7-16-8-10-17(11-9-16)15-18-12-4-1-2-5-13-18/h8-11,19H,1-2,4-6,12-15H2. The van der Waals surface area contributed by atoms with E-state index in [4.69, 9.17) is 5.11 Å². The van der Waals surface area contributed by atoms with E-state index in [0.29, 0.717) is 6.42 Å². The predicted molar refractivity (Wildman–Crippen MR) is 78.8 cm³/mol. The van der Waals surface area contributed by atoms with Crippen molar-refractivity contribution in [3.8, 4) is 11.8 Å². The topological polar surface area (TPSA) is 23.5 Å². The third kappa shape index (κ3) is 5.06. The third-order valence-electron chi connectivity index (χ3n) is 3.53. The van der Waals surface area contributed by atoms with E-state index in [1.807, 2.05) is 0 Å². The molecule has 19 heavy (non-hydrogen) atoms. The molecular formula is C17H23NO. The van der Waals surface area contributed by atoms with Gasteiger partial charge in [0.1, 0.15) is 0 Å². The second-order valence-electron chi connectivity index (χ2n) is 5.16. The van der Waals surface area contributed by atoms with Gasteiger partial charge in [0.25, 0.3) is 0 Å². The molecule has 1 aliphatic heterocycles. The van der Waals surface area contributed by atoms with Crippen LogP contribution in [0.5, 0.6) is 0 Å². The first-order valence-corrected chi connectivity index (χ1v) is 7.29. The third-order valence-corrected chi connectivity index (χ3v) is 3.53. The fraction of sp³-hybridized carbons (Fsp3) is 0.529. The molecule has 1 heterocycles. The molecule has 0 atom stereocenters. The zero-order chi connectivity index (χ0) is 13.3. The highest BCUT2D eigenvalue weighted by Crippen LogP contribution is 2.13. The Kier molecular flexibility index (Phi) is 5.94. The summed E-state index contributed by atoms with van der Waals surface area (Å²) < 4.78 is 0. The van der Waals surface area contributed by atoms with Crippen LogP contribution in [0.3, 0.4) is 0 Å². The molecule has 0 saturated carbocycles. The number of aliphatic hydroxyl groups excluding tert-OH is 1. The van der Waals surface area contributed by atoms with Gasteiger partial charge in [-0.3, -0.25) is 4.90 Å². The van der Waals surface area contributed by atoms with Crippen LogP contribution in [-0.4, -0.2) is 29.7 Å². The Bertz CT molecular complexity index is 419. The Morgan fingerprint density at radius 2 is 1.68 bits per heavy atom. The maximum atomic E-state index is 8.69. The zero-order valence-corrected chi connectivity index (χ0v) is 11.6. The van der Waals surface area contributed by atoms with Crippen molar-refractivity contribution in [2.24, 2.45) is 0 Å². The van der Waals surface area contributed by atoms with E-state index in [9.17, 15) is 0 Å². The fourth-order valence-corrected chi connectivity index (χ4v) is 2.47. The van der Waals surface area contributed by atoms with Crippen molar-refractivity contribution in [1.82, 2.24) is 4.90 Å². The van der Waals surface area contributed by atoms with Crippen LogP contribution in [-0.2, 0) is 6.54 Å². The Morgan fingerprint density at radius 1 is 1.00 bits per heavy atom. The average Bonchev–Trinajstić information content (AvgIpc) is 2.70. The van der Waals surface area contributed by atoms with Crippen LogP contribution in [0.1, 0.15) is 43.2 Å². The molecule has 0 unspecified atom stereocenters. The molecule has 1 aromatic carbocycles. The van der Waals surface area contributed by atoms with Crippen molar-refractivity contribution in [1.29, 1.82) is 0 Å². The number of rotatable bonds is 3. The number of likely N-dealkylation sites (tertiary alicyclic amines) is 1. The lowest BCUT2D eigenvalue weighted by Crippen LogP contribution is -2.23. The van der Waals surface area contributed by atoms with Crippen LogP contribution in [0.25, 0.3) is 0 Å². The van der Waals surface area contributed by atoms with Crippen molar-refractivity contribution < 1.29 is 5.11 Å². The van der Waals surface area contributed by atoms with Gasteiger partial charge < -0.3 is 5.11 Å². The molecule has 0 aromatic heterocycles. The lowest BCUT2D eigenvalue weighted by atomic mass is 10.1. The zero-order valence-electron chi connectivity index (χ0n) is 11.6. The van der Waals surface area contributed by atoms with Gasteiger partial charge >= 0.3 is 0 Å². The lowest BCUT2D eigenvalue weighted by Gasteiger charge is -2.19. The van der Waals surface area contributed by atoms with Gasteiger partial charge in [-0.1, -0.05) is 36.8 Å². The van der Waals surface area contributed by atoms with E-state index < -0.39 is 0 Å². The summed E-state index contributed by atoms with van der Waals surface area (Å²) >= 11 is 0. The molecule has 1 aliphatic rings. The highest BCUT2D eigenvalue weighted by molar-refractivity contribution is 5.36. The molecule has 1 fully saturated rings. The lowest BCUT2D eigenvalue weighted by molar-refractivity contribution is 0.277. The molecule has 2 rings (SSSR count). The number of benzene rings is 1. The number of aliphatic hydroxyl groups is 1. The van der Waals surface area contributed by atoms with Gasteiger partial charge in [0.15, 0.2) is 0 Å². The SMILES string of the molecule is OCCC#Cc1ccc(CN2CCCCCC2)cc1. The Hall–Kier alpha value is -1.30. The summed E-state index contributed by atoms with van der Waals surface area (Å²) in [4.78, 5) is 2.56. The van der Waals surface area contributed by atoms with Gasteiger partial charge in [0.2, 0.25) is 0 Å². The highest BCUT2D eigenvalue weighted by Gasteiger charge is 2.08. The predicted octanol–water partition coefficient (Wildman–Crippen LogP) is 2.80. The van der Waals surface area contributed by atoms with Gasteiger partial charge in [0.05, 0.1) is 6.61 Å². The molecule has 0 spiro atoms. The van der Waals surface area contributed by atoms with Crippen LogP contribution in [0.4, 0.5) is 0 Å². The molecule has 0 radical (unpaired) electrons. The molecule has 2 heteroatoms. The summed E-state index contributed by atoms with van der Waals surface area (Å²) in [6.07, 6.45) is 6.00. The van der Waals surface area contributed by atoms with E-state index in [2.05, 4.69) is 41.0 Å². The van der Waals surface area contributed by atoms with Crippen LogP contribution in [0, 0.1) is 11.8 Å². The average molecular weight is 257 g/mol. The summed E-state index contributed by atoms with van der Waals surface area (Å²) in [6, 6.07) is 8.51. The second-order valence-corrected chi connectivity index (χ2v) is 5.16. The Labute approximate surface area is 116 Å². The molecule has 1 saturated heterocycles. The maximum absolute atomic E-state index is 8.69. The molecule has 0 bridgehead atoms. The van der Waals surface area contributed by atoms with Gasteiger partial charge in [0, 0.05) is 18.5 Å². The maximum Gasteiger partial charge on any atom is 0.0540 e. The summed E-state index contributed by atoms with van der Waals surface area (Å²) in [5.74, 6) is 6.01. The molecule has 2 nitrogen and oxygen atoms in total. The summed E-state index contributed by atoms with van der Waals surface area (Å²) in [5.41, 5.74) is 2.41. The minimum atomic E-state index is 0.139. The van der Waals surface area contributed by atoms with Gasteiger partial charge in [-0.2, -0.15) is 0 Å². The molecule has 0 aliphatic carbocycles. The molecule has 102 valence electrons. The summed E-state index contributed by atoms with van der Waals surface area (Å²) in [7, 11) is 0. The van der Waals surface area contributed by atoms with E-state index >= 15 is 0 Å². The van der Waals surface area contributed by atoms with Crippen LogP contribution in [0.15, 0.2) is 24.3 Å². The summed E-state index contributed by atoms with van der Waals surface area (Å²) in [5, 5.41) is 8.69. The Balaban J connectivity index is 1.89. The van der Waals surface area contributed by atoms with Gasteiger partial charge in [-0.05, 0) is 43.6 Å². The number of hydrogen-bond donors (Lipinski definition) is 1. The van der Waals surface area contributed by atoms with E-state index in [-0.39, 0.29) is 6.61 Å². The second kappa shape index (κ2) is 7.99. The van der Waals surface area contributed by atoms with Crippen LogP contribution in [0.2, 0.25) is 0 Å². The van der Waals surface area contributed by atoms with Crippen molar-refractivity contribution >= 4 is 0 Å². The first-order valence-electron chi connectivity index (χ1n) is 7.29. The minimum absolute atomic E-state index is 0.139. The largest absolute Gasteiger partial charge is 0.395 e. The summed E-state index contributed by atoms with van der Waals surface area (Å²) in [6.45, 7) is 3.67. The number of nitrogens with zero attached hydrogens (tertiary/aromatic N) is 1. The van der Waals surface area contributed by atoms with E-state index in [0.717, 1.165) is 12.1 Å². The smallest absolute Gasteiger partial charge is 0.0540 e. The van der Waals surface area contributed by atoms with E-state index in [1.54, 1.807) is 0 Å². The first-order chi connectivity index (χ1) is 9.38. The molecule has 0 amide bonds. The highest BCUT2D eigenvalue weighted by atomic mass is 16.2. The van der Waals surface area contributed by atoms with Gasteiger partial charge in [-0.15, -0.1) is 0 Å². The van der Waals surface area contributed by atoms with E-state index in [1.165, 1.54) is 44.3 Å². The first kappa shape index (κ1) is 14.1. The number of hydrogen-bond acceptors (Lipinski definition) is 2. The normalized spacial score (nSPS) is 16.5. The van der Waals surface area contributed by atoms with Crippen molar-refractivity contribution in [3.05, 3.63) is 35.4 Å². The molecule has 1 N–H and O–H groups in total. The quantitative estimate of drug-likeness (QED) is 0.842. The van der Waals surface area contributed by atoms with Crippen molar-refractivity contribution in [3.63, 3.8) is 0 Å². The van der Waals surface area contributed by atoms with Crippen molar-refractivity contribution in [2.45, 2.75) is 38.6 Å². The van der Waals surface area contributed by atoms with Crippen LogP contribution < -0.4 is 0 Å². The van der Waals surface area contributed by atoms with Gasteiger partial charge in [-0.25, -0.2) is 0 Å². The molecule has 1 aromatic rings. The minimum Gasteiger partial charge on any atom is -0.395 e. The van der Waals surface area contributed by atoms with Crippen molar-refractivity contribution in [2.75, 3.05) is 19.7 Å². The fourth-order valence-electron chi connectivity index (χ4n) is 2.47. The monoisotopic (exact) mass is 257 g/mol. The van der Waals surface area contributed by atoms with Crippen LogP contribution >= 0.6 is 0 Å². The molecular weight excluding hydrogens is 234 g/mol.